The molecule has 0 radical (unpaired) electrons. The van der Waals surface area contributed by atoms with E-state index in [0.29, 0.717) is 10.7 Å². The van der Waals surface area contributed by atoms with E-state index < -0.39 is 12.5 Å². The van der Waals surface area contributed by atoms with Crippen LogP contribution in [0, 0.1) is 0 Å². The molecule has 0 aromatic heterocycles. The van der Waals surface area contributed by atoms with E-state index in [2.05, 4.69) is 15.0 Å². The Kier molecular flexibility index (Phi) is 5.38. The summed E-state index contributed by atoms with van der Waals surface area (Å²) in [6, 6.07) is 11.0. The maximum Gasteiger partial charge on any atom is 0.387 e. The quantitative estimate of drug-likeness (QED) is 0.826. The monoisotopic (exact) mass is 366 g/mol. The highest BCUT2D eigenvalue weighted by atomic mass is 35.5. The number of benzene rings is 2. The van der Waals surface area contributed by atoms with Gasteiger partial charge >= 0.3 is 6.61 Å². The van der Waals surface area contributed by atoms with Gasteiger partial charge in [-0.25, -0.2) is 0 Å². The van der Waals surface area contributed by atoms with Crippen LogP contribution in [0.4, 0.5) is 20.2 Å². The van der Waals surface area contributed by atoms with Gasteiger partial charge in [-0.1, -0.05) is 17.7 Å². The first-order chi connectivity index (χ1) is 12.0. The average molecular weight is 367 g/mol. The summed E-state index contributed by atoms with van der Waals surface area (Å²) in [5.41, 5.74) is 1.72. The zero-order valence-electron chi connectivity index (χ0n) is 13.3. The van der Waals surface area contributed by atoms with E-state index in [9.17, 15) is 13.6 Å². The number of halogens is 3. The molecule has 4 nitrogen and oxygen atoms in total. The van der Waals surface area contributed by atoms with Crippen LogP contribution in [0.2, 0.25) is 5.02 Å². The van der Waals surface area contributed by atoms with Gasteiger partial charge in [-0.05, 0) is 49.2 Å². The molecule has 0 unspecified atom stereocenters. The maximum absolute atomic E-state index is 12.5. The predicted molar refractivity (Wildman–Crippen MR) is 93.9 cm³/mol. The van der Waals surface area contributed by atoms with Crippen molar-refractivity contribution in [3.8, 4) is 5.75 Å². The van der Waals surface area contributed by atoms with Crippen molar-refractivity contribution in [2.75, 3.05) is 23.3 Å². The summed E-state index contributed by atoms with van der Waals surface area (Å²) in [7, 11) is 0. The molecule has 1 heterocycles. The third-order valence-corrected chi connectivity index (χ3v) is 4.21. The molecule has 1 N–H and O–H groups in total. The van der Waals surface area contributed by atoms with Crippen molar-refractivity contribution in [1.82, 2.24) is 0 Å². The minimum absolute atomic E-state index is 0.0616. The van der Waals surface area contributed by atoms with Gasteiger partial charge in [-0.3, -0.25) is 4.79 Å². The molecule has 0 aliphatic carbocycles. The Balaban J connectivity index is 1.82. The molecule has 1 amide bonds. The summed E-state index contributed by atoms with van der Waals surface area (Å²) in [5, 5.41) is 3.32. The van der Waals surface area contributed by atoms with Crippen LogP contribution in [-0.2, 0) is 0 Å². The normalized spacial score (nSPS) is 14.0. The van der Waals surface area contributed by atoms with Gasteiger partial charge in [0.15, 0.2) is 0 Å². The highest BCUT2D eigenvalue weighted by Crippen LogP contribution is 2.32. The van der Waals surface area contributed by atoms with Crippen molar-refractivity contribution in [3.05, 3.63) is 53.1 Å². The molecule has 2 aromatic rings. The molecule has 1 aliphatic heterocycles. The second-order valence-corrected chi connectivity index (χ2v) is 6.15. The van der Waals surface area contributed by atoms with Crippen molar-refractivity contribution >= 4 is 28.9 Å². The predicted octanol–water partition coefficient (Wildman–Crippen LogP) is 4.79. The van der Waals surface area contributed by atoms with Crippen LogP contribution in [0.3, 0.4) is 0 Å². The number of amides is 1. The Hall–Kier alpha value is -2.34. The van der Waals surface area contributed by atoms with E-state index in [0.717, 1.165) is 31.6 Å². The zero-order chi connectivity index (χ0) is 17.8. The van der Waals surface area contributed by atoms with Gasteiger partial charge in [-0.15, -0.1) is 0 Å². The molecular formula is C18H17ClF2N2O2. The number of hydrogen-bond acceptors (Lipinski definition) is 3. The highest BCUT2D eigenvalue weighted by molar-refractivity contribution is 6.31. The van der Waals surface area contributed by atoms with E-state index >= 15 is 0 Å². The topological polar surface area (TPSA) is 41.6 Å². The first-order valence-corrected chi connectivity index (χ1v) is 8.31. The van der Waals surface area contributed by atoms with E-state index in [1.54, 1.807) is 12.1 Å². The van der Waals surface area contributed by atoms with Crippen LogP contribution >= 0.6 is 11.6 Å². The number of alkyl halides is 2. The molecule has 0 atom stereocenters. The lowest BCUT2D eigenvalue weighted by atomic mass is 10.2. The van der Waals surface area contributed by atoms with Crippen LogP contribution in [0.25, 0.3) is 0 Å². The lowest BCUT2D eigenvalue weighted by Crippen LogP contribution is -2.21. The molecule has 0 bridgehead atoms. The van der Waals surface area contributed by atoms with Crippen LogP contribution in [0.5, 0.6) is 5.75 Å². The molecular weight excluding hydrogens is 350 g/mol. The molecule has 0 spiro atoms. The van der Waals surface area contributed by atoms with Crippen LogP contribution in [-0.4, -0.2) is 25.6 Å². The van der Waals surface area contributed by atoms with Crippen LogP contribution in [0.15, 0.2) is 42.5 Å². The third-order valence-electron chi connectivity index (χ3n) is 3.97. The Morgan fingerprint density at radius 3 is 2.64 bits per heavy atom. The molecule has 7 heteroatoms. The molecule has 1 aliphatic rings. The van der Waals surface area contributed by atoms with E-state index in [1.165, 1.54) is 24.3 Å². The Morgan fingerprint density at radius 1 is 1.16 bits per heavy atom. The van der Waals surface area contributed by atoms with Crippen molar-refractivity contribution in [2.24, 2.45) is 0 Å². The van der Waals surface area contributed by atoms with Crippen molar-refractivity contribution in [2.45, 2.75) is 19.5 Å². The summed E-state index contributed by atoms with van der Waals surface area (Å²) in [6.07, 6.45) is 2.20. The Labute approximate surface area is 149 Å². The lowest BCUT2D eigenvalue weighted by Gasteiger charge is -2.22. The zero-order valence-corrected chi connectivity index (χ0v) is 14.1. The molecule has 1 saturated heterocycles. The minimum atomic E-state index is -2.94. The second-order valence-electron chi connectivity index (χ2n) is 5.72. The molecule has 3 rings (SSSR count). The van der Waals surface area contributed by atoms with E-state index in [-0.39, 0.29) is 11.3 Å². The van der Waals surface area contributed by atoms with Gasteiger partial charge in [0.2, 0.25) is 0 Å². The first kappa shape index (κ1) is 17.5. The van der Waals surface area contributed by atoms with Gasteiger partial charge < -0.3 is 15.0 Å². The summed E-state index contributed by atoms with van der Waals surface area (Å²) in [4.78, 5) is 14.7. The van der Waals surface area contributed by atoms with Crippen molar-refractivity contribution in [3.63, 3.8) is 0 Å². The number of hydrogen-bond donors (Lipinski definition) is 1. The van der Waals surface area contributed by atoms with Gasteiger partial charge in [0, 0.05) is 23.7 Å². The number of nitrogens with one attached hydrogen (secondary N) is 1. The van der Waals surface area contributed by atoms with Crippen LogP contribution in [0.1, 0.15) is 23.2 Å². The summed E-state index contributed by atoms with van der Waals surface area (Å²) in [5.74, 6) is -0.476. The molecule has 1 fully saturated rings. The fourth-order valence-electron chi connectivity index (χ4n) is 2.85. The van der Waals surface area contributed by atoms with Gasteiger partial charge in [-0.2, -0.15) is 8.78 Å². The Morgan fingerprint density at radius 2 is 1.92 bits per heavy atom. The number of carbonyl (C=O) groups excluding carboxylic acids is 1. The maximum atomic E-state index is 12.5. The standard InChI is InChI=1S/C18H17ClF2N2O2/c19-13-6-7-16(23-8-1-2-9-23)15(11-13)22-17(24)12-4-3-5-14(10-12)25-18(20)21/h3-7,10-11,18H,1-2,8-9H2,(H,22,24). The number of ether oxygens (including phenoxy) is 1. The second kappa shape index (κ2) is 7.70. The fourth-order valence-corrected chi connectivity index (χ4v) is 3.02. The average Bonchev–Trinajstić information content (AvgIpc) is 3.09. The van der Waals surface area contributed by atoms with Gasteiger partial charge in [0.1, 0.15) is 5.75 Å². The smallest absolute Gasteiger partial charge is 0.387 e. The lowest BCUT2D eigenvalue weighted by molar-refractivity contribution is -0.0498. The number of anilines is 2. The van der Waals surface area contributed by atoms with E-state index in [4.69, 9.17) is 11.6 Å². The molecule has 25 heavy (non-hydrogen) atoms. The molecule has 0 saturated carbocycles. The minimum Gasteiger partial charge on any atom is -0.435 e. The Bertz CT molecular complexity index is 764. The summed E-state index contributed by atoms with van der Waals surface area (Å²) < 4.78 is 29.0. The SMILES string of the molecule is O=C(Nc1cc(Cl)ccc1N1CCCC1)c1cccc(OC(F)F)c1. The molecule has 2 aromatic carbocycles. The van der Waals surface area contributed by atoms with Gasteiger partial charge in [0.25, 0.3) is 5.91 Å². The number of carbonyl (C=O) groups is 1. The highest BCUT2D eigenvalue weighted by Gasteiger charge is 2.18. The first-order valence-electron chi connectivity index (χ1n) is 7.93. The van der Waals surface area contributed by atoms with Crippen molar-refractivity contribution < 1.29 is 18.3 Å². The number of nitrogens with zero attached hydrogens (tertiary/aromatic N) is 1. The van der Waals surface area contributed by atoms with Crippen molar-refractivity contribution in [1.29, 1.82) is 0 Å². The third kappa shape index (κ3) is 4.39. The number of rotatable bonds is 5. The fraction of sp³-hybridized carbons (Fsp3) is 0.278. The van der Waals surface area contributed by atoms with Crippen LogP contribution < -0.4 is 15.0 Å². The largest absolute Gasteiger partial charge is 0.435 e. The summed E-state index contributed by atoms with van der Waals surface area (Å²) in [6.45, 7) is -1.10. The summed E-state index contributed by atoms with van der Waals surface area (Å²) >= 11 is 6.06. The molecule has 132 valence electrons. The van der Waals surface area contributed by atoms with E-state index in [1.807, 2.05) is 6.07 Å². The van der Waals surface area contributed by atoms with Gasteiger partial charge in [0.05, 0.1) is 11.4 Å².